The Kier molecular flexibility index (Phi) is 8.02. The fourth-order valence-corrected chi connectivity index (χ4v) is 7.50. The molecule has 1 atom stereocenters. The number of aryl methyl sites for hydroxylation is 1. The van der Waals surface area contributed by atoms with Gasteiger partial charge in [0.05, 0.1) is 16.9 Å². The molecule has 3 N–H and O–H groups in total. The van der Waals surface area contributed by atoms with Crippen LogP contribution in [0.2, 0.25) is 0 Å². The van der Waals surface area contributed by atoms with E-state index >= 15 is 0 Å². The Labute approximate surface area is 219 Å². The van der Waals surface area contributed by atoms with E-state index in [1.807, 2.05) is 12.1 Å². The van der Waals surface area contributed by atoms with Crippen LogP contribution in [0.4, 0.5) is 11.4 Å². The van der Waals surface area contributed by atoms with Gasteiger partial charge in [0, 0.05) is 31.8 Å². The quantitative estimate of drug-likeness (QED) is 0.440. The van der Waals surface area contributed by atoms with E-state index in [1.54, 1.807) is 24.3 Å². The summed E-state index contributed by atoms with van der Waals surface area (Å²) in [4.78, 5) is 14.9. The Hall–Kier alpha value is -2.62. The molecule has 1 aliphatic carbocycles. The first-order valence-electron chi connectivity index (χ1n) is 13.5. The van der Waals surface area contributed by atoms with Crippen LogP contribution < -0.4 is 10.0 Å². The van der Waals surface area contributed by atoms with Crippen LogP contribution in [0.5, 0.6) is 0 Å². The maximum Gasteiger partial charge on any atom is 0.338 e. The summed E-state index contributed by atoms with van der Waals surface area (Å²) in [5.41, 5.74) is 2.47. The number of aromatic carboxylic acids is 1. The number of anilines is 2. The fraction of sp³-hybridized carbons (Fsp3) is 0.536. The van der Waals surface area contributed by atoms with Gasteiger partial charge >= 0.3 is 5.97 Å². The molecule has 200 valence electrons. The molecule has 0 aromatic heterocycles. The lowest BCUT2D eigenvalue weighted by molar-refractivity contribution is 0.0287. The molecule has 37 heavy (non-hydrogen) atoms. The summed E-state index contributed by atoms with van der Waals surface area (Å²) in [6.45, 7) is 3.45. The van der Waals surface area contributed by atoms with Crippen LogP contribution in [-0.2, 0) is 27.6 Å². The number of likely N-dealkylation sites (tertiary alicyclic amines) is 1. The van der Waals surface area contributed by atoms with Gasteiger partial charge < -0.3 is 15.2 Å². The number of rotatable bonds is 9. The van der Waals surface area contributed by atoms with Gasteiger partial charge in [0.1, 0.15) is 4.90 Å². The molecule has 2 aromatic carbocycles. The average Bonchev–Trinajstić information content (AvgIpc) is 3.37. The van der Waals surface area contributed by atoms with Crippen molar-refractivity contribution < 1.29 is 23.1 Å². The third kappa shape index (κ3) is 5.78. The van der Waals surface area contributed by atoms with E-state index in [1.165, 1.54) is 6.42 Å². The first-order chi connectivity index (χ1) is 17.9. The predicted octanol–water partition coefficient (Wildman–Crippen LogP) is 4.51. The number of ether oxygens (including phenoxy) is 1. The molecule has 0 radical (unpaired) electrons. The maximum absolute atomic E-state index is 13.5. The second-order valence-electron chi connectivity index (χ2n) is 10.3. The summed E-state index contributed by atoms with van der Waals surface area (Å²) in [6, 6.07) is 11.4. The molecule has 0 unspecified atom stereocenters. The number of nitrogens with zero attached hydrogens (tertiary/aromatic N) is 1. The van der Waals surface area contributed by atoms with Gasteiger partial charge in [-0.15, -0.1) is 0 Å². The van der Waals surface area contributed by atoms with Crippen molar-refractivity contribution in [1.82, 2.24) is 4.90 Å². The van der Waals surface area contributed by atoms with Crippen molar-refractivity contribution in [3.05, 3.63) is 53.1 Å². The first kappa shape index (κ1) is 26.0. The van der Waals surface area contributed by atoms with E-state index in [0.717, 1.165) is 75.8 Å². The van der Waals surface area contributed by atoms with E-state index < -0.39 is 16.0 Å². The smallest absolute Gasteiger partial charge is 0.338 e. The Bertz CT molecular complexity index is 1230. The molecular weight excluding hydrogens is 490 g/mol. The molecule has 8 nitrogen and oxygen atoms in total. The molecule has 2 aliphatic heterocycles. The lowest BCUT2D eigenvalue weighted by Crippen LogP contribution is -2.43. The van der Waals surface area contributed by atoms with E-state index in [4.69, 9.17) is 4.74 Å². The average molecular weight is 528 g/mol. The summed E-state index contributed by atoms with van der Waals surface area (Å²) < 4.78 is 35.1. The van der Waals surface area contributed by atoms with Gasteiger partial charge in [-0.2, -0.15) is 0 Å². The molecule has 0 amide bonds. The number of benzene rings is 2. The zero-order valence-corrected chi connectivity index (χ0v) is 22.1. The van der Waals surface area contributed by atoms with Crippen molar-refractivity contribution in [2.75, 3.05) is 36.3 Å². The monoisotopic (exact) mass is 527 g/mol. The van der Waals surface area contributed by atoms with Gasteiger partial charge in [0.15, 0.2) is 0 Å². The Morgan fingerprint density at radius 2 is 1.78 bits per heavy atom. The van der Waals surface area contributed by atoms with Crippen LogP contribution in [-0.4, -0.2) is 62.8 Å². The maximum atomic E-state index is 13.5. The molecule has 0 bridgehead atoms. The molecule has 0 spiro atoms. The molecule has 9 heteroatoms. The summed E-state index contributed by atoms with van der Waals surface area (Å²) in [7, 11) is -4.00. The van der Waals surface area contributed by atoms with Gasteiger partial charge in [-0.25, -0.2) is 13.2 Å². The molecule has 5 rings (SSSR count). The molecule has 2 saturated heterocycles. The van der Waals surface area contributed by atoms with E-state index in [-0.39, 0.29) is 16.1 Å². The van der Waals surface area contributed by atoms with Crippen molar-refractivity contribution in [3.8, 4) is 0 Å². The first-order valence-corrected chi connectivity index (χ1v) is 15.0. The van der Waals surface area contributed by atoms with E-state index in [0.29, 0.717) is 30.7 Å². The number of nitrogens with one attached hydrogen (secondary N) is 2. The Balaban J connectivity index is 1.30. The fourth-order valence-electron chi connectivity index (χ4n) is 6.24. The molecule has 0 saturated carbocycles. The van der Waals surface area contributed by atoms with Crippen LogP contribution in [0, 0.1) is 0 Å². The van der Waals surface area contributed by atoms with Crippen molar-refractivity contribution in [1.29, 1.82) is 0 Å². The van der Waals surface area contributed by atoms with Gasteiger partial charge in [0.25, 0.3) is 10.0 Å². The third-order valence-electron chi connectivity index (χ3n) is 8.04. The zero-order chi connectivity index (χ0) is 25.8. The predicted molar refractivity (Wildman–Crippen MR) is 144 cm³/mol. The molecule has 2 fully saturated rings. The SMILES string of the molecule is O=C(O)c1c(NS(=O)(=O)c2ccccc2NCC[C@@H]2CCCN2C2CCOCC2)ccc2c1CCCC2. The number of carbonyl (C=O) groups is 1. The van der Waals surface area contributed by atoms with Crippen LogP contribution in [0.25, 0.3) is 0 Å². The van der Waals surface area contributed by atoms with Crippen LogP contribution in [0.3, 0.4) is 0 Å². The number of fused-ring (bicyclic) bond motifs is 1. The van der Waals surface area contributed by atoms with E-state index in [9.17, 15) is 18.3 Å². The lowest BCUT2D eigenvalue weighted by Gasteiger charge is -2.35. The summed E-state index contributed by atoms with van der Waals surface area (Å²) in [5.74, 6) is -1.10. The highest BCUT2D eigenvalue weighted by molar-refractivity contribution is 7.92. The van der Waals surface area contributed by atoms with Crippen molar-refractivity contribution in [2.24, 2.45) is 0 Å². The van der Waals surface area contributed by atoms with E-state index in [2.05, 4.69) is 14.9 Å². The minimum Gasteiger partial charge on any atom is -0.478 e. The zero-order valence-electron chi connectivity index (χ0n) is 21.2. The van der Waals surface area contributed by atoms with Gasteiger partial charge in [-0.05, 0) is 93.7 Å². The molecule has 3 aliphatic rings. The van der Waals surface area contributed by atoms with Gasteiger partial charge in [-0.3, -0.25) is 9.62 Å². The molecule has 2 aromatic rings. The highest BCUT2D eigenvalue weighted by Crippen LogP contribution is 2.33. The van der Waals surface area contributed by atoms with Gasteiger partial charge in [-0.1, -0.05) is 18.2 Å². The van der Waals surface area contributed by atoms with Crippen molar-refractivity contribution >= 4 is 27.4 Å². The molecule has 2 heterocycles. The van der Waals surface area contributed by atoms with Crippen LogP contribution >= 0.6 is 0 Å². The second-order valence-corrected chi connectivity index (χ2v) is 12.0. The highest BCUT2D eigenvalue weighted by Gasteiger charge is 2.31. The topological polar surface area (TPSA) is 108 Å². The van der Waals surface area contributed by atoms with Crippen LogP contribution in [0.1, 0.15) is 66.4 Å². The Morgan fingerprint density at radius 1 is 1.00 bits per heavy atom. The number of carboxylic acid groups (broad SMARTS) is 1. The second kappa shape index (κ2) is 11.4. The largest absolute Gasteiger partial charge is 0.478 e. The minimum absolute atomic E-state index is 0.0700. The normalized spacial score (nSPS) is 20.9. The highest BCUT2D eigenvalue weighted by atomic mass is 32.2. The Morgan fingerprint density at radius 3 is 2.59 bits per heavy atom. The van der Waals surface area contributed by atoms with Crippen molar-refractivity contribution in [3.63, 3.8) is 0 Å². The van der Waals surface area contributed by atoms with Gasteiger partial charge in [0.2, 0.25) is 0 Å². The summed E-state index contributed by atoms with van der Waals surface area (Å²) in [5, 5.41) is 13.3. The van der Waals surface area contributed by atoms with Crippen LogP contribution in [0.15, 0.2) is 41.3 Å². The summed E-state index contributed by atoms with van der Waals surface area (Å²) >= 11 is 0. The number of hydrogen-bond acceptors (Lipinski definition) is 6. The van der Waals surface area contributed by atoms with Crippen molar-refractivity contribution in [2.45, 2.75) is 74.8 Å². The number of sulfonamides is 1. The number of hydrogen-bond donors (Lipinski definition) is 3. The molecular formula is C28H37N3O5S. The third-order valence-corrected chi connectivity index (χ3v) is 9.47. The summed E-state index contributed by atoms with van der Waals surface area (Å²) in [6.07, 6.45) is 8.86. The lowest BCUT2D eigenvalue weighted by atomic mass is 9.87. The number of para-hydroxylation sites is 1. The minimum atomic E-state index is -4.00. The number of carboxylic acids is 1. The standard InChI is InChI=1S/C28H37N3O5S/c32-28(33)27-23-8-2-1-6-20(23)11-12-25(27)30-37(34,35)26-10-4-3-9-24(26)29-16-13-21-7-5-17-31(21)22-14-18-36-19-15-22/h3-4,9-12,21-22,29-30H,1-2,5-8,13-19H2,(H,32,33)/t21-/m0/s1.